The Labute approximate surface area is 121 Å². The standard InChI is InChI=1S/C15H18F3N3/c1-11(19-7-3-6-14-20-8-9-21-14)12-4-2-5-13(10-12)15(16,17)18/h2,4-5,8-11,19H,3,6-7H2,1H3,(H,20,21). The Balaban J connectivity index is 1.84. The maximum atomic E-state index is 12.7. The molecule has 2 N–H and O–H groups in total. The van der Waals surface area contributed by atoms with Gasteiger partial charge in [-0.05, 0) is 37.6 Å². The Kier molecular flexibility index (Phi) is 5.01. The summed E-state index contributed by atoms with van der Waals surface area (Å²) in [5.74, 6) is 0.920. The van der Waals surface area contributed by atoms with E-state index in [2.05, 4.69) is 15.3 Å². The number of H-pyrrole nitrogens is 1. The maximum Gasteiger partial charge on any atom is 0.416 e. The summed E-state index contributed by atoms with van der Waals surface area (Å²) in [6.45, 7) is 2.58. The highest BCUT2D eigenvalue weighted by molar-refractivity contribution is 5.27. The van der Waals surface area contributed by atoms with Crippen molar-refractivity contribution < 1.29 is 13.2 Å². The molecule has 0 bridgehead atoms. The molecular weight excluding hydrogens is 279 g/mol. The van der Waals surface area contributed by atoms with E-state index in [-0.39, 0.29) is 6.04 Å². The summed E-state index contributed by atoms with van der Waals surface area (Å²) in [5.41, 5.74) is 0.0343. The molecule has 0 aliphatic heterocycles. The second-order valence-electron chi connectivity index (χ2n) is 4.94. The van der Waals surface area contributed by atoms with E-state index in [0.717, 1.165) is 31.3 Å². The summed E-state index contributed by atoms with van der Waals surface area (Å²) in [6.07, 6.45) is 0.864. The maximum absolute atomic E-state index is 12.7. The van der Waals surface area contributed by atoms with E-state index in [0.29, 0.717) is 5.56 Å². The number of aromatic amines is 1. The summed E-state index contributed by atoms with van der Waals surface area (Å²) in [6, 6.07) is 5.32. The van der Waals surface area contributed by atoms with Crippen LogP contribution in [0.5, 0.6) is 0 Å². The van der Waals surface area contributed by atoms with Gasteiger partial charge in [0.15, 0.2) is 0 Å². The number of alkyl halides is 3. The minimum Gasteiger partial charge on any atom is -0.349 e. The van der Waals surface area contributed by atoms with Gasteiger partial charge in [-0.3, -0.25) is 0 Å². The predicted molar refractivity (Wildman–Crippen MR) is 74.8 cm³/mol. The van der Waals surface area contributed by atoms with Crippen LogP contribution in [0.15, 0.2) is 36.7 Å². The highest BCUT2D eigenvalue weighted by Gasteiger charge is 2.30. The number of hydrogen-bond donors (Lipinski definition) is 2. The molecule has 1 heterocycles. The lowest BCUT2D eigenvalue weighted by Crippen LogP contribution is -2.21. The number of imidazole rings is 1. The van der Waals surface area contributed by atoms with Gasteiger partial charge >= 0.3 is 6.18 Å². The second kappa shape index (κ2) is 6.76. The molecule has 0 amide bonds. The Morgan fingerprint density at radius 2 is 2.14 bits per heavy atom. The van der Waals surface area contributed by atoms with Crippen molar-refractivity contribution in [2.24, 2.45) is 0 Å². The normalized spacial score (nSPS) is 13.3. The van der Waals surface area contributed by atoms with Gasteiger partial charge in [-0.15, -0.1) is 0 Å². The van der Waals surface area contributed by atoms with Crippen LogP contribution < -0.4 is 5.32 Å². The number of halogens is 3. The predicted octanol–water partition coefficient (Wildman–Crippen LogP) is 3.71. The van der Waals surface area contributed by atoms with Gasteiger partial charge in [0.05, 0.1) is 5.56 Å². The molecular formula is C15H18F3N3. The number of aryl methyl sites for hydroxylation is 1. The van der Waals surface area contributed by atoms with Gasteiger partial charge in [0, 0.05) is 24.9 Å². The monoisotopic (exact) mass is 297 g/mol. The van der Waals surface area contributed by atoms with Gasteiger partial charge < -0.3 is 10.3 Å². The molecule has 0 saturated heterocycles. The fourth-order valence-electron chi connectivity index (χ4n) is 2.11. The average molecular weight is 297 g/mol. The number of hydrogen-bond acceptors (Lipinski definition) is 2. The molecule has 0 aliphatic rings. The van der Waals surface area contributed by atoms with Crippen LogP contribution in [0.25, 0.3) is 0 Å². The summed E-state index contributed by atoms with van der Waals surface area (Å²) in [5, 5.41) is 3.23. The van der Waals surface area contributed by atoms with Crippen LogP contribution in [0.1, 0.15) is 36.3 Å². The lowest BCUT2D eigenvalue weighted by molar-refractivity contribution is -0.137. The lowest BCUT2D eigenvalue weighted by atomic mass is 10.0. The fraction of sp³-hybridized carbons (Fsp3) is 0.400. The molecule has 0 fully saturated rings. The number of aromatic nitrogens is 2. The molecule has 6 heteroatoms. The number of benzene rings is 1. The first-order valence-corrected chi connectivity index (χ1v) is 6.85. The molecule has 1 aromatic carbocycles. The van der Waals surface area contributed by atoms with Crippen LogP contribution in [0.4, 0.5) is 13.2 Å². The van der Waals surface area contributed by atoms with Crippen LogP contribution in [-0.2, 0) is 12.6 Å². The van der Waals surface area contributed by atoms with Crippen molar-refractivity contribution in [3.63, 3.8) is 0 Å². The molecule has 1 aromatic heterocycles. The molecule has 3 nitrogen and oxygen atoms in total. The van der Waals surface area contributed by atoms with Gasteiger partial charge in [-0.2, -0.15) is 13.2 Å². The van der Waals surface area contributed by atoms with Gasteiger partial charge in [0.2, 0.25) is 0 Å². The van der Waals surface area contributed by atoms with Crippen molar-refractivity contribution in [3.8, 4) is 0 Å². The zero-order valence-corrected chi connectivity index (χ0v) is 11.7. The van der Waals surface area contributed by atoms with Gasteiger partial charge in [0.1, 0.15) is 5.82 Å². The van der Waals surface area contributed by atoms with Gasteiger partial charge in [-0.1, -0.05) is 12.1 Å². The number of nitrogens with one attached hydrogen (secondary N) is 2. The quantitative estimate of drug-likeness (QED) is 0.798. The van der Waals surface area contributed by atoms with Crippen LogP contribution in [-0.4, -0.2) is 16.5 Å². The zero-order valence-electron chi connectivity index (χ0n) is 11.7. The SMILES string of the molecule is CC(NCCCc1ncc[nH]1)c1cccc(C(F)(F)F)c1. The van der Waals surface area contributed by atoms with Gasteiger partial charge in [-0.25, -0.2) is 4.98 Å². The Bertz CT molecular complexity index is 550. The summed E-state index contributed by atoms with van der Waals surface area (Å²) in [7, 11) is 0. The minimum atomic E-state index is -4.30. The smallest absolute Gasteiger partial charge is 0.349 e. The minimum absolute atomic E-state index is 0.121. The van der Waals surface area contributed by atoms with E-state index in [1.807, 2.05) is 6.92 Å². The van der Waals surface area contributed by atoms with Crippen molar-refractivity contribution >= 4 is 0 Å². The van der Waals surface area contributed by atoms with E-state index >= 15 is 0 Å². The first-order chi connectivity index (χ1) is 9.97. The molecule has 0 aliphatic carbocycles. The molecule has 21 heavy (non-hydrogen) atoms. The third-order valence-corrected chi connectivity index (χ3v) is 3.31. The van der Waals surface area contributed by atoms with Crippen molar-refractivity contribution in [2.75, 3.05) is 6.54 Å². The first-order valence-electron chi connectivity index (χ1n) is 6.85. The van der Waals surface area contributed by atoms with Crippen LogP contribution in [0, 0.1) is 0 Å². The first kappa shape index (κ1) is 15.6. The topological polar surface area (TPSA) is 40.7 Å². The van der Waals surface area contributed by atoms with Crippen LogP contribution >= 0.6 is 0 Å². The molecule has 1 unspecified atom stereocenters. The van der Waals surface area contributed by atoms with Crippen molar-refractivity contribution in [3.05, 3.63) is 53.6 Å². The summed E-state index contributed by atoms with van der Waals surface area (Å²) in [4.78, 5) is 7.14. The number of nitrogens with zero attached hydrogens (tertiary/aromatic N) is 1. The van der Waals surface area contributed by atoms with E-state index in [1.165, 1.54) is 12.1 Å². The lowest BCUT2D eigenvalue weighted by Gasteiger charge is -2.16. The number of rotatable bonds is 6. The molecule has 0 spiro atoms. The average Bonchev–Trinajstić information content (AvgIpc) is 2.96. The van der Waals surface area contributed by atoms with E-state index in [4.69, 9.17) is 0 Å². The summed E-state index contributed by atoms with van der Waals surface area (Å²) >= 11 is 0. The van der Waals surface area contributed by atoms with Crippen molar-refractivity contribution in [1.29, 1.82) is 0 Å². The van der Waals surface area contributed by atoms with Crippen molar-refractivity contribution in [1.82, 2.24) is 15.3 Å². The third-order valence-electron chi connectivity index (χ3n) is 3.31. The summed E-state index contributed by atoms with van der Waals surface area (Å²) < 4.78 is 38.0. The van der Waals surface area contributed by atoms with E-state index < -0.39 is 11.7 Å². The third kappa shape index (κ3) is 4.60. The molecule has 0 saturated carbocycles. The van der Waals surface area contributed by atoms with Crippen molar-refractivity contribution in [2.45, 2.75) is 32.0 Å². The Hall–Kier alpha value is -1.82. The molecule has 114 valence electrons. The van der Waals surface area contributed by atoms with E-state index in [1.54, 1.807) is 18.5 Å². The highest BCUT2D eigenvalue weighted by Crippen LogP contribution is 2.30. The zero-order chi connectivity index (χ0) is 15.3. The van der Waals surface area contributed by atoms with Crippen LogP contribution in [0.2, 0.25) is 0 Å². The highest BCUT2D eigenvalue weighted by atomic mass is 19.4. The second-order valence-corrected chi connectivity index (χ2v) is 4.94. The Morgan fingerprint density at radius 1 is 1.33 bits per heavy atom. The Morgan fingerprint density at radius 3 is 2.81 bits per heavy atom. The molecule has 1 atom stereocenters. The molecule has 2 rings (SSSR count). The van der Waals surface area contributed by atoms with Crippen LogP contribution in [0.3, 0.4) is 0 Å². The van der Waals surface area contributed by atoms with E-state index in [9.17, 15) is 13.2 Å². The van der Waals surface area contributed by atoms with Gasteiger partial charge in [0.25, 0.3) is 0 Å². The molecule has 0 radical (unpaired) electrons. The fourth-order valence-corrected chi connectivity index (χ4v) is 2.11. The largest absolute Gasteiger partial charge is 0.416 e. The molecule has 2 aromatic rings.